The number of anilines is 2. The van der Waals surface area contributed by atoms with Gasteiger partial charge in [0, 0.05) is 56.9 Å². The van der Waals surface area contributed by atoms with E-state index in [2.05, 4.69) is 15.0 Å². The normalized spacial score (nSPS) is 18.2. The SMILES string of the molecule is CC(C)CN(CC1CN(S(=O)(=O)c2cccnc2N)CCN1c1ncc(C(O)(C(F)(F)F)C(F)(F)F)cn1)S(C)(=O)=O. The molecule has 0 amide bonds. The first-order chi connectivity index (χ1) is 19.1. The number of pyridine rings is 1. The van der Waals surface area contributed by atoms with Gasteiger partial charge in [-0.3, -0.25) is 0 Å². The average molecular weight is 650 g/mol. The third-order valence-electron chi connectivity index (χ3n) is 6.45. The molecule has 1 fully saturated rings. The molecule has 0 radical (unpaired) electrons. The van der Waals surface area contributed by atoms with Crippen molar-refractivity contribution in [3.05, 3.63) is 36.3 Å². The first kappa shape index (κ1) is 33.7. The van der Waals surface area contributed by atoms with Gasteiger partial charge in [0.1, 0.15) is 10.7 Å². The Bertz CT molecular complexity index is 1460. The summed E-state index contributed by atoms with van der Waals surface area (Å²) in [7, 11) is -8.11. The number of hydrogen-bond donors (Lipinski definition) is 2. The van der Waals surface area contributed by atoms with E-state index in [0.717, 1.165) is 14.9 Å². The minimum Gasteiger partial charge on any atom is -0.383 e. The lowest BCUT2D eigenvalue weighted by molar-refractivity contribution is -0.376. The van der Waals surface area contributed by atoms with Gasteiger partial charge < -0.3 is 15.7 Å². The Morgan fingerprint density at radius 2 is 1.62 bits per heavy atom. The molecule has 0 saturated carbocycles. The Morgan fingerprint density at radius 1 is 1.05 bits per heavy atom. The van der Waals surface area contributed by atoms with Crippen molar-refractivity contribution in [2.75, 3.05) is 49.6 Å². The van der Waals surface area contributed by atoms with Crippen molar-refractivity contribution in [3.8, 4) is 0 Å². The van der Waals surface area contributed by atoms with Gasteiger partial charge in [-0.2, -0.15) is 35.0 Å². The van der Waals surface area contributed by atoms with E-state index in [0.29, 0.717) is 0 Å². The molecule has 3 N–H and O–H groups in total. The van der Waals surface area contributed by atoms with Gasteiger partial charge in [0.15, 0.2) is 0 Å². The van der Waals surface area contributed by atoms with Crippen LogP contribution in [0.4, 0.5) is 38.1 Å². The fourth-order valence-electron chi connectivity index (χ4n) is 4.36. The molecule has 2 aromatic rings. The zero-order valence-corrected chi connectivity index (χ0v) is 24.1. The summed E-state index contributed by atoms with van der Waals surface area (Å²) in [6.45, 7) is 2.32. The number of piperazine rings is 1. The molecule has 0 aromatic carbocycles. The number of sulfonamides is 2. The van der Waals surface area contributed by atoms with Gasteiger partial charge in [0.05, 0.1) is 12.3 Å². The lowest BCUT2D eigenvalue weighted by atomic mass is 9.95. The average Bonchev–Trinajstić information content (AvgIpc) is 2.86. The standard InChI is InChI=1S/C22H29F6N7O5S2/c1-14(2)11-34(41(3,37)38)13-16-12-33(42(39,40)17-5-4-6-30-18(17)29)7-8-35(16)19-31-9-15(10-32-19)20(36,21(23,24)25)22(26,27)28/h4-6,9-10,14,16,36H,7-8,11-13H2,1-3H3,(H2,29,30). The molecule has 0 spiro atoms. The van der Waals surface area contributed by atoms with Gasteiger partial charge in [-0.05, 0) is 18.1 Å². The zero-order valence-electron chi connectivity index (χ0n) is 22.5. The number of aromatic nitrogens is 3. The molecule has 1 aliphatic heterocycles. The molecular weight excluding hydrogens is 620 g/mol. The number of halogens is 6. The van der Waals surface area contributed by atoms with E-state index in [1.165, 1.54) is 23.2 Å². The van der Waals surface area contributed by atoms with Crippen LogP contribution >= 0.6 is 0 Å². The molecule has 1 saturated heterocycles. The Kier molecular flexibility index (Phi) is 9.39. The highest BCUT2D eigenvalue weighted by molar-refractivity contribution is 7.89. The van der Waals surface area contributed by atoms with E-state index >= 15 is 0 Å². The van der Waals surface area contributed by atoms with Gasteiger partial charge >= 0.3 is 12.4 Å². The van der Waals surface area contributed by atoms with E-state index in [4.69, 9.17) is 5.73 Å². The van der Waals surface area contributed by atoms with Gasteiger partial charge in [-0.1, -0.05) is 13.8 Å². The molecule has 3 heterocycles. The van der Waals surface area contributed by atoms with Crippen LogP contribution in [0.2, 0.25) is 0 Å². The highest BCUT2D eigenvalue weighted by atomic mass is 32.2. The van der Waals surface area contributed by atoms with Crippen molar-refractivity contribution in [3.63, 3.8) is 0 Å². The maximum Gasteiger partial charge on any atom is 0.430 e. The van der Waals surface area contributed by atoms with Crippen molar-refractivity contribution in [2.24, 2.45) is 5.92 Å². The van der Waals surface area contributed by atoms with E-state index in [9.17, 15) is 48.3 Å². The summed E-state index contributed by atoms with van der Waals surface area (Å²) >= 11 is 0. The second kappa shape index (κ2) is 11.7. The lowest BCUT2D eigenvalue weighted by Gasteiger charge is -2.42. The van der Waals surface area contributed by atoms with Crippen LogP contribution in [-0.2, 0) is 25.6 Å². The Morgan fingerprint density at radius 3 is 2.10 bits per heavy atom. The van der Waals surface area contributed by atoms with Crippen LogP contribution in [0.25, 0.3) is 0 Å². The Labute approximate surface area is 238 Å². The van der Waals surface area contributed by atoms with Crippen LogP contribution in [0.5, 0.6) is 0 Å². The molecule has 20 heteroatoms. The van der Waals surface area contributed by atoms with E-state index in [1.807, 2.05) is 0 Å². The number of alkyl halides is 6. The third-order valence-corrected chi connectivity index (χ3v) is 9.60. The molecule has 0 bridgehead atoms. The van der Waals surface area contributed by atoms with Gasteiger partial charge in [-0.25, -0.2) is 31.8 Å². The van der Waals surface area contributed by atoms with Crippen molar-refractivity contribution in [2.45, 2.75) is 42.7 Å². The predicted molar refractivity (Wildman–Crippen MR) is 138 cm³/mol. The summed E-state index contributed by atoms with van der Waals surface area (Å²) < 4.78 is 134. The molecule has 0 aliphatic carbocycles. The van der Waals surface area contributed by atoms with Crippen LogP contribution in [0, 0.1) is 5.92 Å². The highest BCUT2D eigenvalue weighted by Crippen LogP contribution is 2.49. The summed E-state index contributed by atoms with van der Waals surface area (Å²) in [5.41, 5.74) is -1.18. The summed E-state index contributed by atoms with van der Waals surface area (Å²) in [5.74, 6) is -0.856. The number of nitrogens with two attached hydrogens (primary N) is 1. The zero-order chi connectivity index (χ0) is 31.9. The molecule has 1 atom stereocenters. The molecule has 12 nitrogen and oxygen atoms in total. The third kappa shape index (κ3) is 6.71. The molecule has 1 aliphatic rings. The minimum atomic E-state index is -6.15. The van der Waals surface area contributed by atoms with Crippen LogP contribution in [0.3, 0.4) is 0 Å². The molecule has 236 valence electrons. The molecular formula is C22H29F6N7O5S2. The maximum atomic E-state index is 13.4. The first-order valence-electron chi connectivity index (χ1n) is 12.2. The number of aliphatic hydroxyl groups is 1. The van der Waals surface area contributed by atoms with Gasteiger partial charge in [-0.15, -0.1) is 0 Å². The fraction of sp³-hybridized carbons (Fsp3) is 0.591. The highest BCUT2D eigenvalue weighted by Gasteiger charge is 2.71. The predicted octanol–water partition coefficient (Wildman–Crippen LogP) is 1.56. The summed E-state index contributed by atoms with van der Waals surface area (Å²) in [6.07, 6.45) is -9.75. The summed E-state index contributed by atoms with van der Waals surface area (Å²) in [6, 6.07) is 1.53. The van der Waals surface area contributed by atoms with Gasteiger partial charge in [0.25, 0.3) is 5.60 Å². The van der Waals surface area contributed by atoms with Crippen molar-refractivity contribution in [1.82, 2.24) is 23.6 Å². The maximum absolute atomic E-state index is 13.4. The first-order valence-corrected chi connectivity index (χ1v) is 15.5. The minimum absolute atomic E-state index is 0.0233. The Hall–Kier alpha value is -2.81. The molecule has 3 rings (SSSR count). The van der Waals surface area contributed by atoms with E-state index in [1.54, 1.807) is 13.8 Å². The monoisotopic (exact) mass is 649 g/mol. The number of rotatable bonds is 9. The molecule has 42 heavy (non-hydrogen) atoms. The largest absolute Gasteiger partial charge is 0.430 e. The topological polar surface area (TPSA) is 163 Å². The molecule has 1 unspecified atom stereocenters. The lowest BCUT2D eigenvalue weighted by Crippen LogP contribution is -2.59. The van der Waals surface area contributed by atoms with Crippen molar-refractivity contribution >= 4 is 31.8 Å². The number of nitrogen functional groups attached to an aromatic ring is 1. The quantitative estimate of drug-likeness (QED) is 0.381. The Balaban J connectivity index is 2.04. The van der Waals surface area contributed by atoms with Crippen LogP contribution in [0.15, 0.2) is 35.6 Å². The van der Waals surface area contributed by atoms with Gasteiger partial charge in [0.2, 0.25) is 26.0 Å². The van der Waals surface area contributed by atoms with Crippen LogP contribution in [0.1, 0.15) is 19.4 Å². The van der Waals surface area contributed by atoms with E-state index < -0.39 is 55.6 Å². The number of nitrogens with zero attached hydrogens (tertiary/aromatic N) is 6. The summed E-state index contributed by atoms with van der Waals surface area (Å²) in [4.78, 5) is 12.0. The smallest absolute Gasteiger partial charge is 0.383 e. The van der Waals surface area contributed by atoms with Crippen LogP contribution in [-0.4, -0.2) is 103 Å². The second-order valence-corrected chi connectivity index (χ2v) is 13.9. The van der Waals surface area contributed by atoms with Crippen molar-refractivity contribution < 1.29 is 48.3 Å². The molecule has 2 aromatic heterocycles. The van der Waals surface area contributed by atoms with E-state index in [-0.39, 0.29) is 61.7 Å². The fourth-order valence-corrected chi connectivity index (χ4v) is 6.90. The number of hydrogen-bond acceptors (Lipinski definition) is 10. The van der Waals surface area contributed by atoms with Crippen LogP contribution < -0.4 is 10.6 Å². The van der Waals surface area contributed by atoms with Crippen molar-refractivity contribution in [1.29, 1.82) is 0 Å². The second-order valence-electron chi connectivity index (χ2n) is 10.0. The summed E-state index contributed by atoms with van der Waals surface area (Å²) in [5, 5.41) is 9.65.